The van der Waals surface area contributed by atoms with Crippen LogP contribution in [0.15, 0.2) is 48.5 Å². The molecule has 0 N–H and O–H groups in total. The van der Waals surface area contributed by atoms with Gasteiger partial charge in [0, 0.05) is 11.0 Å². The summed E-state index contributed by atoms with van der Waals surface area (Å²) in [5.41, 5.74) is 2.39. The minimum absolute atomic E-state index is 0.379. The maximum atomic E-state index is 6.29. The summed E-state index contributed by atoms with van der Waals surface area (Å²) in [6.45, 7) is 13.2. The standard InChI is InChI=1S/C22H29BO3/c1-16(2)15-24-20-18(17-11-8-7-9-12-17)13-10-14-19(20)23-25-21(3,4)22(5,6)26-23/h7-14,16H,15H2,1-6H3. The second-order valence-electron chi connectivity index (χ2n) is 8.38. The third-order valence-electron chi connectivity index (χ3n) is 5.20. The van der Waals surface area contributed by atoms with Gasteiger partial charge < -0.3 is 14.0 Å². The van der Waals surface area contributed by atoms with Gasteiger partial charge in [0.15, 0.2) is 0 Å². The molecule has 0 bridgehead atoms. The van der Waals surface area contributed by atoms with Crippen molar-refractivity contribution in [2.45, 2.75) is 52.7 Å². The van der Waals surface area contributed by atoms with E-state index in [1.807, 2.05) is 30.3 Å². The van der Waals surface area contributed by atoms with E-state index in [1.165, 1.54) is 0 Å². The Morgan fingerprint density at radius 2 is 1.50 bits per heavy atom. The van der Waals surface area contributed by atoms with E-state index in [9.17, 15) is 0 Å². The minimum Gasteiger partial charge on any atom is -0.493 e. The molecular weight excluding hydrogens is 323 g/mol. The molecule has 26 heavy (non-hydrogen) atoms. The maximum Gasteiger partial charge on any atom is 0.498 e. The van der Waals surface area contributed by atoms with Gasteiger partial charge in [-0.05, 0) is 39.2 Å². The van der Waals surface area contributed by atoms with Crippen LogP contribution in [0.1, 0.15) is 41.5 Å². The lowest BCUT2D eigenvalue weighted by molar-refractivity contribution is 0.00578. The number of rotatable bonds is 5. The lowest BCUT2D eigenvalue weighted by Crippen LogP contribution is -2.41. The quantitative estimate of drug-likeness (QED) is 0.731. The van der Waals surface area contributed by atoms with E-state index < -0.39 is 7.12 Å². The van der Waals surface area contributed by atoms with Gasteiger partial charge >= 0.3 is 7.12 Å². The van der Waals surface area contributed by atoms with Crippen molar-refractivity contribution in [1.29, 1.82) is 0 Å². The van der Waals surface area contributed by atoms with Gasteiger partial charge in [-0.1, -0.05) is 62.4 Å². The molecule has 0 atom stereocenters. The summed E-state index contributed by atoms with van der Waals surface area (Å²) >= 11 is 0. The van der Waals surface area contributed by atoms with E-state index >= 15 is 0 Å². The average molecular weight is 352 g/mol. The second kappa shape index (κ2) is 7.09. The summed E-state index contributed by atoms with van der Waals surface area (Å²) in [6.07, 6.45) is 0. The molecule has 1 saturated heterocycles. The molecule has 138 valence electrons. The average Bonchev–Trinajstić information content (AvgIpc) is 2.81. The molecule has 2 aromatic carbocycles. The Hall–Kier alpha value is -1.78. The lowest BCUT2D eigenvalue weighted by atomic mass is 9.77. The van der Waals surface area contributed by atoms with E-state index in [2.05, 4.69) is 59.7 Å². The summed E-state index contributed by atoms with van der Waals surface area (Å²) in [6, 6.07) is 16.5. The predicted molar refractivity (Wildman–Crippen MR) is 108 cm³/mol. The van der Waals surface area contributed by atoms with Gasteiger partial charge in [-0.15, -0.1) is 0 Å². The molecular formula is C22H29BO3. The van der Waals surface area contributed by atoms with Gasteiger partial charge in [0.05, 0.1) is 17.8 Å². The van der Waals surface area contributed by atoms with Crippen LogP contribution in [-0.4, -0.2) is 24.9 Å². The van der Waals surface area contributed by atoms with Crippen molar-refractivity contribution in [2.75, 3.05) is 6.61 Å². The van der Waals surface area contributed by atoms with Gasteiger partial charge in [0.1, 0.15) is 5.75 Å². The molecule has 1 heterocycles. The SMILES string of the molecule is CC(C)COc1c(B2OC(C)(C)C(C)(C)O2)cccc1-c1ccccc1. The highest BCUT2D eigenvalue weighted by Gasteiger charge is 2.52. The Kier molecular flexibility index (Phi) is 5.18. The van der Waals surface area contributed by atoms with Crippen LogP contribution in [0.2, 0.25) is 0 Å². The number of benzene rings is 2. The zero-order valence-corrected chi connectivity index (χ0v) is 16.7. The van der Waals surface area contributed by atoms with Crippen molar-refractivity contribution < 1.29 is 14.0 Å². The molecule has 0 amide bonds. The van der Waals surface area contributed by atoms with Gasteiger partial charge in [0.25, 0.3) is 0 Å². The Balaban J connectivity index is 2.05. The first kappa shape index (κ1) is 19.0. The van der Waals surface area contributed by atoms with Crippen LogP contribution in [0.3, 0.4) is 0 Å². The molecule has 0 saturated carbocycles. The van der Waals surface area contributed by atoms with Gasteiger partial charge in [-0.3, -0.25) is 0 Å². The molecule has 0 aliphatic carbocycles. The van der Waals surface area contributed by atoms with Crippen LogP contribution in [0, 0.1) is 5.92 Å². The monoisotopic (exact) mass is 352 g/mol. The smallest absolute Gasteiger partial charge is 0.493 e. The highest BCUT2D eigenvalue weighted by molar-refractivity contribution is 6.63. The number of para-hydroxylation sites is 1. The highest BCUT2D eigenvalue weighted by Crippen LogP contribution is 2.38. The van der Waals surface area contributed by atoms with E-state index in [0.29, 0.717) is 12.5 Å². The molecule has 1 fully saturated rings. The Bertz CT molecular complexity index is 737. The Labute approximate surface area is 157 Å². The molecule has 4 heteroatoms. The summed E-state index contributed by atoms with van der Waals surface area (Å²) in [4.78, 5) is 0. The van der Waals surface area contributed by atoms with Crippen LogP contribution in [0.4, 0.5) is 0 Å². The highest BCUT2D eigenvalue weighted by atomic mass is 16.7. The van der Waals surface area contributed by atoms with Gasteiger partial charge in [-0.2, -0.15) is 0 Å². The molecule has 1 aliphatic rings. The summed E-state index contributed by atoms with van der Waals surface area (Å²) < 4.78 is 18.8. The molecule has 1 aliphatic heterocycles. The summed E-state index contributed by atoms with van der Waals surface area (Å²) in [5, 5.41) is 0. The van der Waals surface area contributed by atoms with Crippen LogP contribution >= 0.6 is 0 Å². The first-order valence-electron chi connectivity index (χ1n) is 9.38. The number of ether oxygens (including phenoxy) is 1. The fourth-order valence-corrected chi connectivity index (χ4v) is 2.97. The molecule has 3 rings (SSSR count). The topological polar surface area (TPSA) is 27.7 Å². The molecule has 2 aromatic rings. The maximum absolute atomic E-state index is 6.29. The first-order chi connectivity index (χ1) is 12.2. The van der Waals surface area contributed by atoms with Crippen molar-refractivity contribution in [3.05, 3.63) is 48.5 Å². The normalized spacial score (nSPS) is 18.3. The van der Waals surface area contributed by atoms with Crippen LogP contribution in [-0.2, 0) is 9.31 Å². The zero-order chi connectivity index (χ0) is 18.9. The molecule has 0 aromatic heterocycles. The number of hydrogen-bond donors (Lipinski definition) is 0. The van der Waals surface area contributed by atoms with Crippen molar-refractivity contribution in [3.63, 3.8) is 0 Å². The van der Waals surface area contributed by atoms with Gasteiger partial charge in [0.2, 0.25) is 0 Å². The fourth-order valence-electron chi connectivity index (χ4n) is 2.97. The second-order valence-corrected chi connectivity index (χ2v) is 8.38. The third-order valence-corrected chi connectivity index (χ3v) is 5.20. The summed E-state index contributed by atoms with van der Waals surface area (Å²) in [7, 11) is -0.439. The van der Waals surface area contributed by atoms with Crippen LogP contribution in [0.25, 0.3) is 11.1 Å². The van der Waals surface area contributed by atoms with Crippen LogP contribution in [0.5, 0.6) is 5.75 Å². The molecule has 3 nitrogen and oxygen atoms in total. The fraction of sp³-hybridized carbons (Fsp3) is 0.455. The van der Waals surface area contributed by atoms with Gasteiger partial charge in [-0.25, -0.2) is 0 Å². The molecule has 0 unspecified atom stereocenters. The molecule has 0 radical (unpaired) electrons. The number of hydrogen-bond acceptors (Lipinski definition) is 3. The summed E-state index contributed by atoms with van der Waals surface area (Å²) in [5.74, 6) is 1.29. The first-order valence-corrected chi connectivity index (χ1v) is 9.38. The minimum atomic E-state index is -0.439. The van der Waals surface area contributed by atoms with Crippen molar-refractivity contribution >= 4 is 12.6 Å². The zero-order valence-electron chi connectivity index (χ0n) is 16.7. The van der Waals surface area contributed by atoms with Crippen molar-refractivity contribution in [3.8, 4) is 16.9 Å². The van der Waals surface area contributed by atoms with E-state index in [-0.39, 0.29) is 11.2 Å². The van der Waals surface area contributed by atoms with Crippen molar-refractivity contribution in [2.24, 2.45) is 5.92 Å². The van der Waals surface area contributed by atoms with Crippen LogP contribution < -0.4 is 10.2 Å². The Morgan fingerprint density at radius 3 is 2.08 bits per heavy atom. The van der Waals surface area contributed by atoms with Crippen molar-refractivity contribution in [1.82, 2.24) is 0 Å². The van der Waals surface area contributed by atoms with E-state index in [0.717, 1.165) is 22.3 Å². The largest absolute Gasteiger partial charge is 0.498 e. The lowest BCUT2D eigenvalue weighted by Gasteiger charge is -2.32. The van der Waals surface area contributed by atoms with E-state index in [4.69, 9.17) is 14.0 Å². The molecule has 0 spiro atoms. The third kappa shape index (κ3) is 3.67. The van der Waals surface area contributed by atoms with E-state index in [1.54, 1.807) is 0 Å². The Morgan fingerprint density at radius 1 is 0.885 bits per heavy atom. The predicted octanol–water partition coefficient (Wildman–Crippen LogP) is 4.69.